The van der Waals surface area contributed by atoms with Crippen LogP contribution in [0.25, 0.3) is 10.9 Å². The molecule has 2 N–H and O–H groups in total. The molecule has 0 atom stereocenters. The number of fused-ring (bicyclic) bond motifs is 1. The summed E-state index contributed by atoms with van der Waals surface area (Å²) in [5.74, 6) is -0.140. The molecule has 3 aromatic rings. The second-order valence-corrected chi connectivity index (χ2v) is 9.99. The van der Waals surface area contributed by atoms with E-state index in [9.17, 15) is 4.79 Å². The molecular formula is C22H28Cl2N4OS. The molecule has 2 aromatic heterocycles. The molecule has 0 aliphatic carbocycles. The van der Waals surface area contributed by atoms with E-state index in [-0.39, 0.29) is 17.9 Å². The van der Waals surface area contributed by atoms with Crippen LogP contribution in [0.2, 0.25) is 10.0 Å². The molecule has 0 bridgehead atoms. The summed E-state index contributed by atoms with van der Waals surface area (Å²) in [6.45, 7) is 12.3. The van der Waals surface area contributed by atoms with Crippen molar-refractivity contribution in [1.29, 1.82) is 0 Å². The van der Waals surface area contributed by atoms with E-state index in [2.05, 4.69) is 43.3 Å². The molecule has 1 amide bonds. The van der Waals surface area contributed by atoms with Crippen LogP contribution < -0.4 is 10.6 Å². The van der Waals surface area contributed by atoms with Crippen molar-refractivity contribution in [1.82, 2.24) is 14.9 Å². The third-order valence-corrected chi connectivity index (χ3v) is 6.68. The van der Waals surface area contributed by atoms with Crippen molar-refractivity contribution in [3.05, 3.63) is 44.5 Å². The Labute approximate surface area is 191 Å². The van der Waals surface area contributed by atoms with Crippen molar-refractivity contribution >= 4 is 56.5 Å². The van der Waals surface area contributed by atoms with Gasteiger partial charge in [0.25, 0.3) is 0 Å². The van der Waals surface area contributed by atoms with Crippen LogP contribution in [0, 0.1) is 6.92 Å². The zero-order valence-corrected chi connectivity index (χ0v) is 20.4. The third kappa shape index (κ3) is 4.83. The molecular weight excluding hydrogens is 439 g/mol. The highest BCUT2D eigenvalue weighted by molar-refractivity contribution is 7.13. The third-order valence-electron chi connectivity index (χ3n) is 5.13. The minimum absolute atomic E-state index is 0.0571. The maximum absolute atomic E-state index is 12.8. The van der Waals surface area contributed by atoms with Crippen molar-refractivity contribution in [2.24, 2.45) is 0 Å². The minimum Gasteiger partial charge on any atom is -0.334 e. The number of aromatic nitrogens is 2. The maximum atomic E-state index is 12.8. The van der Waals surface area contributed by atoms with Crippen molar-refractivity contribution in [3.63, 3.8) is 0 Å². The SMILES string of the molecule is CCNCCc1c(C)n(CC(=O)Nc2nc(C(C)(C)C)cs2)c2c(Cl)c(Cl)ccc12. The van der Waals surface area contributed by atoms with Gasteiger partial charge in [-0.3, -0.25) is 4.79 Å². The number of carbonyl (C=O) groups is 1. The van der Waals surface area contributed by atoms with Crippen molar-refractivity contribution in [2.45, 2.75) is 53.0 Å². The Kier molecular flexibility index (Phi) is 7.13. The first-order valence-corrected chi connectivity index (χ1v) is 11.7. The van der Waals surface area contributed by atoms with Crippen molar-refractivity contribution < 1.29 is 4.79 Å². The maximum Gasteiger partial charge on any atom is 0.246 e. The van der Waals surface area contributed by atoms with E-state index in [1.165, 1.54) is 16.9 Å². The Balaban J connectivity index is 1.91. The molecule has 1 aromatic carbocycles. The van der Waals surface area contributed by atoms with E-state index >= 15 is 0 Å². The van der Waals surface area contributed by atoms with Crippen LogP contribution in [0.4, 0.5) is 5.13 Å². The number of anilines is 1. The van der Waals surface area contributed by atoms with Crippen molar-refractivity contribution in [2.75, 3.05) is 18.4 Å². The Morgan fingerprint density at radius 1 is 1.27 bits per heavy atom. The van der Waals surface area contributed by atoms with Crippen LogP contribution in [-0.4, -0.2) is 28.5 Å². The van der Waals surface area contributed by atoms with E-state index in [1.807, 2.05) is 29.0 Å². The highest BCUT2D eigenvalue weighted by Crippen LogP contribution is 2.36. The van der Waals surface area contributed by atoms with Gasteiger partial charge in [-0.05, 0) is 38.1 Å². The summed E-state index contributed by atoms with van der Waals surface area (Å²) in [4.78, 5) is 17.4. The predicted octanol–water partition coefficient (Wildman–Crippen LogP) is 5.80. The smallest absolute Gasteiger partial charge is 0.246 e. The van der Waals surface area contributed by atoms with Crippen LogP contribution in [0.3, 0.4) is 0 Å². The standard InChI is InChI=1S/C22H28Cl2N4OS/c1-6-25-10-9-14-13(2)28(20-15(14)7-8-16(23)19(20)24)11-18(29)27-21-26-17(12-30-21)22(3,4)5/h7-8,12,25H,6,9-11H2,1-5H3,(H,26,27,29). The Morgan fingerprint density at radius 2 is 2.00 bits per heavy atom. The molecule has 0 radical (unpaired) electrons. The molecule has 30 heavy (non-hydrogen) atoms. The van der Waals surface area contributed by atoms with Gasteiger partial charge in [-0.25, -0.2) is 4.98 Å². The van der Waals surface area contributed by atoms with Gasteiger partial charge >= 0.3 is 0 Å². The Morgan fingerprint density at radius 3 is 2.63 bits per heavy atom. The van der Waals surface area contributed by atoms with E-state index in [0.29, 0.717) is 15.2 Å². The number of hydrogen-bond acceptors (Lipinski definition) is 4. The quantitative estimate of drug-likeness (QED) is 0.432. The molecule has 0 unspecified atom stereocenters. The van der Waals surface area contributed by atoms with Gasteiger partial charge in [0.15, 0.2) is 5.13 Å². The van der Waals surface area contributed by atoms with E-state index < -0.39 is 0 Å². The van der Waals surface area contributed by atoms with Crippen LogP contribution >= 0.6 is 34.5 Å². The molecule has 5 nitrogen and oxygen atoms in total. The number of nitrogens with one attached hydrogen (secondary N) is 2. The second kappa shape index (κ2) is 9.27. The summed E-state index contributed by atoms with van der Waals surface area (Å²) in [6.07, 6.45) is 0.851. The first-order chi connectivity index (χ1) is 14.1. The van der Waals surface area contributed by atoms with Gasteiger partial charge < -0.3 is 15.2 Å². The molecule has 0 spiro atoms. The van der Waals surface area contributed by atoms with Gasteiger partial charge in [0.05, 0.1) is 21.3 Å². The lowest BCUT2D eigenvalue weighted by molar-refractivity contribution is -0.116. The van der Waals surface area contributed by atoms with Gasteiger partial charge in [0.1, 0.15) is 6.54 Å². The van der Waals surface area contributed by atoms with E-state index in [4.69, 9.17) is 23.2 Å². The number of carbonyl (C=O) groups excluding carboxylic acids is 1. The second-order valence-electron chi connectivity index (χ2n) is 8.35. The van der Waals surface area contributed by atoms with Crippen LogP contribution in [0.5, 0.6) is 0 Å². The van der Waals surface area contributed by atoms with Gasteiger partial charge in [-0.1, -0.05) is 57.0 Å². The molecule has 3 rings (SSSR count). The van der Waals surface area contributed by atoms with Crippen LogP contribution in [0.15, 0.2) is 17.5 Å². The molecule has 2 heterocycles. The van der Waals surface area contributed by atoms with E-state index in [1.54, 1.807) is 0 Å². The first-order valence-electron chi connectivity index (χ1n) is 10.1. The number of hydrogen-bond donors (Lipinski definition) is 2. The summed E-state index contributed by atoms with van der Waals surface area (Å²) in [7, 11) is 0. The number of amides is 1. The fourth-order valence-corrected chi connectivity index (χ4v) is 4.83. The average molecular weight is 467 g/mol. The van der Waals surface area contributed by atoms with Gasteiger partial charge in [-0.2, -0.15) is 0 Å². The predicted molar refractivity (Wildman–Crippen MR) is 128 cm³/mol. The number of likely N-dealkylation sites (N-methyl/N-ethyl adjacent to an activating group) is 1. The number of benzene rings is 1. The van der Waals surface area contributed by atoms with Gasteiger partial charge in [-0.15, -0.1) is 11.3 Å². The average Bonchev–Trinajstić information content (AvgIpc) is 3.23. The normalized spacial score (nSPS) is 12.0. The van der Waals surface area contributed by atoms with Gasteiger partial charge in [0.2, 0.25) is 5.91 Å². The molecule has 0 aliphatic rings. The first kappa shape index (κ1) is 23.1. The molecule has 0 fully saturated rings. The zero-order chi connectivity index (χ0) is 22.1. The lowest BCUT2D eigenvalue weighted by Gasteiger charge is -2.14. The highest BCUT2D eigenvalue weighted by Gasteiger charge is 2.21. The summed E-state index contributed by atoms with van der Waals surface area (Å²) in [6, 6.07) is 3.80. The largest absolute Gasteiger partial charge is 0.334 e. The fraction of sp³-hybridized carbons (Fsp3) is 0.455. The summed E-state index contributed by atoms with van der Waals surface area (Å²) < 4.78 is 1.96. The topological polar surface area (TPSA) is 59.0 Å². The molecule has 8 heteroatoms. The monoisotopic (exact) mass is 466 g/mol. The van der Waals surface area contributed by atoms with Crippen molar-refractivity contribution in [3.8, 4) is 0 Å². The number of nitrogens with zero attached hydrogens (tertiary/aromatic N) is 2. The van der Waals surface area contributed by atoms with E-state index in [0.717, 1.165) is 41.8 Å². The number of thiazole rings is 1. The number of rotatable bonds is 7. The zero-order valence-electron chi connectivity index (χ0n) is 18.0. The van der Waals surface area contributed by atoms with Crippen LogP contribution in [-0.2, 0) is 23.2 Å². The molecule has 162 valence electrons. The fourth-order valence-electron chi connectivity index (χ4n) is 3.45. The molecule has 0 saturated heterocycles. The Hall–Kier alpha value is -1.60. The highest BCUT2D eigenvalue weighted by atomic mass is 35.5. The summed E-state index contributed by atoms with van der Waals surface area (Å²) in [5.41, 5.74) is 3.92. The lowest BCUT2D eigenvalue weighted by Crippen LogP contribution is -2.20. The van der Waals surface area contributed by atoms with Crippen LogP contribution in [0.1, 0.15) is 44.6 Å². The van der Waals surface area contributed by atoms with Gasteiger partial charge in [0, 0.05) is 21.9 Å². The Bertz CT molecular complexity index is 1070. The summed E-state index contributed by atoms with van der Waals surface area (Å²) >= 11 is 14.3. The summed E-state index contributed by atoms with van der Waals surface area (Å²) in [5, 5.41) is 10.9. The molecule has 0 aliphatic heterocycles. The minimum atomic E-state index is -0.140. The lowest BCUT2D eigenvalue weighted by atomic mass is 9.93. The molecule has 0 saturated carbocycles. The number of halogens is 2.